The van der Waals surface area contributed by atoms with Crippen molar-refractivity contribution in [3.8, 4) is 0 Å². The molecule has 0 aliphatic heterocycles. The summed E-state index contributed by atoms with van der Waals surface area (Å²) in [5, 5.41) is 6.80. The molecule has 0 amide bonds. The summed E-state index contributed by atoms with van der Waals surface area (Å²) < 4.78 is 0. The predicted molar refractivity (Wildman–Crippen MR) is 96.6 cm³/mol. The molecule has 1 rings (SSSR count). The van der Waals surface area contributed by atoms with Gasteiger partial charge in [-0.25, -0.2) is 0 Å². The van der Waals surface area contributed by atoms with Gasteiger partial charge in [0.05, 0.1) is 0 Å². The van der Waals surface area contributed by atoms with E-state index >= 15 is 0 Å². The zero-order chi connectivity index (χ0) is 16.4. The van der Waals surface area contributed by atoms with E-state index in [9.17, 15) is 0 Å². The van der Waals surface area contributed by atoms with Crippen LogP contribution in [0.5, 0.6) is 0 Å². The van der Waals surface area contributed by atoms with Gasteiger partial charge in [0.15, 0.2) is 5.96 Å². The number of hydrogen-bond acceptors (Lipinski definition) is 2. The van der Waals surface area contributed by atoms with Crippen molar-refractivity contribution in [3.63, 3.8) is 0 Å². The number of rotatable bonds is 8. The molecule has 0 heterocycles. The van der Waals surface area contributed by atoms with Crippen LogP contribution in [0.2, 0.25) is 0 Å². The second-order valence-corrected chi connectivity index (χ2v) is 5.91. The van der Waals surface area contributed by atoms with Crippen LogP contribution in [-0.4, -0.2) is 50.1 Å². The Morgan fingerprint density at radius 1 is 1.14 bits per heavy atom. The maximum atomic E-state index is 4.30. The first-order valence-electron chi connectivity index (χ1n) is 8.32. The molecular formula is C18H32N4. The minimum absolute atomic E-state index is 0.461. The third-order valence-corrected chi connectivity index (χ3v) is 4.00. The van der Waals surface area contributed by atoms with Gasteiger partial charge in [-0.3, -0.25) is 9.89 Å². The molecule has 0 saturated carbocycles. The summed E-state index contributed by atoms with van der Waals surface area (Å²) in [6.07, 6.45) is 0. The maximum Gasteiger partial charge on any atom is 0.191 e. The molecule has 0 aliphatic rings. The van der Waals surface area contributed by atoms with Gasteiger partial charge in [0.1, 0.15) is 0 Å². The lowest BCUT2D eigenvalue weighted by atomic mass is 10.0. The van der Waals surface area contributed by atoms with Crippen LogP contribution in [0.1, 0.15) is 39.2 Å². The first-order valence-corrected chi connectivity index (χ1v) is 8.32. The number of guanidine groups is 1. The van der Waals surface area contributed by atoms with Crippen molar-refractivity contribution in [1.82, 2.24) is 15.5 Å². The van der Waals surface area contributed by atoms with E-state index in [-0.39, 0.29) is 0 Å². The van der Waals surface area contributed by atoms with E-state index in [0.717, 1.165) is 32.1 Å². The molecule has 0 aromatic heterocycles. The molecule has 0 aliphatic carbocycles. The molecule has 1 aromatic rings. The van der Waals surface area contributed by atoms with Gasteiger partial charge in [-0.05, 0) is 31.9 Å². The van der Waals surface area contributed by atoms with Gasteiger partial charge in [-0.1, -0.05) is 44.2 Å². The van der Waals surface area contributed by atoms with Crippen LogP contribution in [0, 0.1) is 0 Å². The number of aliphatic imine (C=N–C) groups is 1. The average molecular weight is 304 g/mol. The summed E-state index contributed by atoms with van der Waals surface area (Å²) in [7, 11) is 1.82. The smallest absolute Gasteiger partial charge is 0.191 e. The summed E-state index contributed by atoms with van der Waals surface area (Å²) in [4.78, 5) is 6.73. The summed E-state index contributed by atoms with van der Waals surface area (Å²) in [6, 6.07) is 11.2. The maximum absolute atomic E-state index is 4.30. The molecule has 0 saturated heterocycles. The second-order valence-electron chi connectivity index (χ2n) is 5.91. The molecule has 0 spiro atoms. The van der Waals surface area contributed by atoms with Crippen molar-refractivity contribution in [2.75, 3.05) is 33.2 Å². The Hall–Kier alpha value is -1.55. The Morgan fingerprint density at radius 3 is 2.36 bits per heavy atom. The van der Waals surface area contributed by atoms with Crippen molar-refractivity contribution in [2.24, 2.45) is 4.99 Å². The van der Waals surface area contributed by atoms with Crippen LogP contribution in [0.15, 0.2) is 35.3 Å². The average Bonchev–Trinajstić information content (AvgIpc) is 2.54. The summed E-state index contributed by atoms with van der Waals surface area (Å²) in [5.41, 5.74) is 1.35. The van der Waals surface area contributed by atoms with Gasteiger partial charge < -0.3 is 10.6 Å². The van der Waals surface area contributed by atoms with Gasteiger partial charge in [0.2, 0.25) is 0 Å². The van der Waals surface area contributed by atoms with Crippen LogP contribution in [0.3, 0.4) is 0 Å². The number of nitrogens with one attached hydrogen (secondary N) is 2. The first-order chi connectivity index (χ1) is 10.6. The Kier molecular flexibility index (Phi) is 8.60. The monoisotopic (exact) mass is 304 g/mol. The van der Waals surface area contributed by atoms with E-state index in [1.165, 1.54) is 5.56 Å². The largest absolute Gasteiger partial charge is 0.356 e. The van der Waals surface area contributed by atoms with Crippen molar-refractivity contribution in [2.45, 2.75) is 39.7 Å². The van der Waals surface area contributed by atoms with Crippen molar-refractivity contribution in [1.29, 1.82) is 0 Å². The third kappa shape index (κ3) is 6.48. The highest BCUT2D eigenvalue weighted by Gasteiger charge is 2.08. The minimum Gasteiger partial charge on any atom is -0.356 e. The molecule has 22 heavy (non-hydrogen) atoms. The van der Waals surface area contributed by atoms with E-state index in [2.05, 4.69) is 78.6 Å². The lowest BCUT2D eigenvalue weighted by Gasteiger charge is -2.25. The van der Waals surface area contributed by atoms with Gasteiger partial charge in [0.25, 0.3) is 0 Å². The summed E-state index contributed by atoms with van der Waals surface area (Å²) in [5.74, 6) is 1.34. The first kappa shape index (κ1) is 18.5. The van der Waals surface area contributed by atoms with Crippen LogP contribution in [0.4, 0.5) is 0 Å². The molecule has 1 unspecified atom stereocenters. The fraction of sp³-hybridized carbons (Fsp3) is 0.611. The van der Waals surface area contributed by atoms with Crippen LogP contribution >= 0.6 is 0 Å². The topological polar surface area (TPSA) is 39.7 Å². The lowest BCUT2D eigenvalue weighted by Crippen LogP contribution is -2.43. The molecule has 4 heteroatoms. The predicted octanol–water partition coefficient (Wildman–Crippen LogP) is 2.69. The highest BCUT2D eigenvalue weighted by Crippen LogP contribution is 2.12. The fourth-order valence-electron chi connectivity index (χ4n) is 2.47. The fourth-order valence-corrected chi connectivity index (χ4v) is 2.47. The normalized spacial score (nSPS) is 13.5. The van der Waals surface area contributed by atoms with Crippen molar-refractivity contribution < 1.29 is 0 Å². The summed E-state index contributed by atoms with van der Waals surface area (Å²) >= 11 is 0. The number of hydrogen-bond donors (Lipinski definition) is 2. The third-order valence-electron chi connectivity index (χ3n) is 4.00. The zero-order valence-electron chi connectivity index (χ0n) is 14.8. The van der Waals surface area contributed by atoms with Crippen molar-refractivity contribution >= 4 is 5.96 Å². The van der Waals surface area contributed by atoms with Crippen LogP contribution in [0.25, 0.3) is 0 Å². The number of likely N-dealkylation sites (N-methyl/N-ethyl adjacent to an activating group) is 1. The molecule has 1 atom stereocenters. The standard InChI is InChI=1S/C18H32N4/c1-6-22(15(2)3)13-12-20-18(19-5)21-14-16(4)17-10-8-7-9-11-17/h7-11,15-16H,6,12-14H2,1-5H3,(H2,19,20,21). The number of benzene rings is 1. The molecule has 1 aromatic carbocycles. The van der Waals surface area contributed by atoms with E-state index in [0.29, 0.717) is 12.0 Å². The molecule has 0 bridgehead atoms. The van der Waals surface area contributed by atoms with E-state index < -0.39 is 0 Å². The van der Waals surface area contributed by atoms with Gasteiger partial charge in [-0.2, -0.15) is 0 Å². The highest BCUT2D eigenvalue weighted by atomic mass is 15.2. The Balaban J connectivity index is 2.34. The van der Waals surface area contributed by atoms with Crippen molar-refractivity contribution in [3.05, 3.63) is 35.9 Å². The second kappa shape index (κ2) is 10.2. The molecule has 4 nitrogen and oxygen atoms in total. The molecule has 124 valence electrons. The Labute approximate surface area is 136 Å². The van der Waals surface area contributed by atoms with Crippen LogP contribution in [-0.2, 0) is 0 Å². The van der Waals surface area contributed by atoms with Gasteiger partial charge in [-0.15, -0.1) is 0 Å². The summed E-state index contributed by atoms with van der Waals surface area (Å²) in [6.45, 7) is 12.8. The Morgan fingerprint density at radius 2 is 1.82 bits per heavy atom. The minimum atomic E-state index is 0.461. The molecule has 2 N–H and O–H groups in total. The molecule has 0 fully saturated rings. The van der Waals surface area contributed by atoms with E-state index in [4.69, 9.17) is 0 Å². The quantitative estimate of drug-likeness (QED) is 0.573. The van der Waals surface area contributed by atoms with Gasteiger partial charge in [0, 0.05) is 32.7 Å². The van der Waals surface area contributed by atoms with E-state index in [1.807, 2.05) is 7.05 Å². The lowest BCUT2D eigenvalue weighted by molar-refractivity contribution is 0.237. The molecular weight excluding hydrogens is 272 g/mol. The molecule has 0 radical (unpaired) electrons. The number of nitrogens with zero attached hydrogens (tertiary/aromatic N) is 2. The Bertz CT molecular complexity index is 428. The highest BCUT2D eigenvalue weighted by molar-refractivity contribution is 5.79. The van der Waals surface area contributed by atoms with Gasteiger partial charge >= 0.3 is 0 Å². The zero-order valence-corrected chi connectivity index (χ0v) is 14.8. The van der Waals surface area contributed by atoms with Crippen LogP contribution < -0.4 is 10.6 Å². The van der Waals surface area contributed by atoms with E-state index in [1.54, 1.807) is 0 Å². The SMILES string of the molecule is CCN(CCNC(=NC)NCC(C)c1ccccc1)C(C)C.